The summed E-state index contributed by atoms with van der Waals surface area (Å²) in [6.45, 7) is 2.43. The van der Waals surface area contributed by atoms with Crippen LogP contribution in [-0.2, 0) is 6.42 Å². The van der Waals surface area contributed by atoms with Gasteiger partial charge < -0.3 is 4.90 Å². The van der Waals surface area contributed by atoms with Gasteiger partial charge >= 0.3 is 0 Å². The minimum Gasteiger partial charge on any atom is -0.306 e. The second-order valence-electron chi connectivity index (χ2n) is 8.67. The van der Waals surface area contributed by atoms with Crippen LogP contribution in [0.1, 0.15) is 42.4 Å². The first-order valence-corrected chi connectivity index (χ1v) is 10.3. The van der Waals surface area contributed by atoms with Crippen molar-refractivity contribution in [3.63, 3.8) is 0 Å². The van der Waals surface area contributed by atoms with Gasteiger partial charge in [0.2, 0.25) is 0 Å². The standard InChI is InChI=1S/C24H27FN2/c1-27-14-10-19(11-15-27)24(12-13-24)22-16-18-4-2-3-5-21(18)23(26-22)17-6-8-20(25)9-7-17/h2-9,19,22H,10-16H2,1H3/t22-/m0/s1. The van der Waals surface area contributed by atoms with Crippen molar-refractivity contribution < 1.29 is 4.39 Å². The largest absolute Gasteiger partial charge is 0.306 e. The summed E-state index contributed by atoms with van der Waals surface area (Å²) >= 11 is 0. The maximum absolute atomic E-state index is 13.5. The normalized spacial score (nSPS) is 25.0. The molecule has 0 bridgehead atoms. The molecule has 2 nitrogen and oxygen atoms in total. The van der Waals surface area contributed by atoms with Crippen molar-refractivity contribution in [2.75, 3.05) is 20.1 Å². The van der Waals surface area contributed by atoms with Gasteiger partial charge in [-0.2, -0.15) is 0 Å². The van der Waals surface area contributed by atoms with Crippen molar-refractivity contribution in [3.8, 4) is 0 Å². The van der Waals surface area contributed by atoms with Gasteiger partial charge in [-0.15, -0.1) is 0 Å². The van der Waals surface area contributed by atoms with E-state index in [1.807, 2.05) is 12.1 Å². The van der Waals surface area contributed by atoms with Crippen LogP contribution in [0.3, 0.4) is 0 Å². The monoisotopic (exact) mass is 362 g/mol. The van der Waals surface area contributed by atoms with E-state index < -0.39 is 0 Å². The molecule has 2 aromatic rings. The Morgan fingerprint density at radius 2 is 1.70 bits per heavy atom. The second-order valence-corrected chi connectivity index (χ2v) is 8.67. The van der Waals surface area contributed by atoms with E-state index in [1.54, 1.807) is 12.1 Å². The lowest BCUT2D eigenvalue weighted by Crippen LogP contribution is -2.40. The van der Waals surface area contributed by atoms with Crippen LogP contribution < -0.4 is 0 Å². The number of halogens is 1. The zero-order valence-corrected chi connectivity index (χ0v) is 16.0. The van der Waals surface area contributed by atoms with Gasteiger partial charge in [-0.1, -0.05) is 24.3 Å². The van der Waals surface area contributed by atoms with Crippen molar-refractivity contribution >= 4 is 5.71 Å². The van der Waals surface area contributed by atoms with E-state index >= 15 is 0 Å². The van der Waals surface area contributed by atoms with Crippen molar-refractivity contribution in [1.29, 1.82) is 0 Å². The summed E-state index contributed by atoms with van der Waals surface area (Å²) in [5.74, 6) is 0.604. The minimum atomic E-state index is -0.190. The Morgan fingerprint density at radius 3 is 2.41 bits per heavy atom. The molecule has 0 spiro atoms. The average molecular weight is 362 g/mol. The maximum atomic E-state index is 13.5. The fraction of sp³-hybridized carbons (Fsp3) is 0.458. The summed E-state index contributed by atoms with van der Waals surface area (Å²) in [6.07, 6.45) is 6.28. The van der Waals surface area contributed by atoms with Crippen LogP contribution in [0.25, 0.3) is 0 Å². The summed E-state index contributed by atoms with van der Waals surface area (Å²) in [7, 11) is 2.23. The van der Waals surface area contributed by atoms with E-state index in [2.05, 4.69) is 36.2 Å². The van der Waals surface area contributed by atoms with Crippen LogP contribution in [0.4, 0.5) is 4.39 Å². The Labute approximate surface area is 161 Å². The maximum Gasteiger partial charge on any atom is 0.123 e. The smallest absolute Gasteiger partial charge is 0.123 e. The van der Waals surface area contributed by atoms with Crippen LogP contribution in [0, 0.1) is 17.2 Å². The first-order valence-electron chi connectivity index (χ1n) is 10.3. The number of piperidine rings is 1. The lowest BCUT2D eigenvalue weighted by atomic mass is 9.73. The number of rotatable bonds is 3. The van der Waals surface area contributed by atoms with E-state index in [1.165, 1.54) is 49.9 Å². The second kappa shape index (κ2) is 6.56. The highest BCUT2D eigenvalue weighted by Gasteiger charge is 2.55. The summed E-state index contributed by atoms with van der Waals surface area (Å²) in [6, 6.07) is 15.9. The van der Waals surface area contributed by atoms with Gasteiger partial charge in [0.05, 0.1) is 11.8 Å². The first kappa shape index (κ1) is 17.1. The molecule has 1 saturated heterocycles. The van der Waals surface area contributed by atoms with Crippen LogP contribution in [-0.4, -0.2) is 36.8 Å². The van der Waals surface area contributed by atoms with Gasteiger partial charge in [0.15, 0.2) is 0 Å². The molecular formula is C24H27FN2. The molecule has 2 fully saturated rings. The van der Waals surface area contributed by atoms with Crippen molar-refractivity contribution in [1.82, 2.24) is 4.90 Å². The Balaban J connectivity index is 1.52. The molecule has 0 aromatic heterocycles. The predicted octanol–water partition coefficient (Wildman–Crippen LogP) is 4.71. The number of nitrogens with zero attached hydrogens (tertiary/aromatic N) is 2. The molecule has 2 heterocycles. The van der Waals surface area contributed by atoms with Crippen LogP contribution in [0.2, 0.25) is 0 Å². The molecular weight excluding hydrogens is 335 g/mol. The van der Waals surface area contributed by atoms with Gasteiger partial charge in [-0.25, -0.2) is 4.39 Å². The van der Waals surface area contributed by atoms with Crippen LogP contribution in [0.15, 0.2) is 53.5 Å². The number of fused-ring (bicyclic) bond motifs is 1. The molecule has 0 unspecified atom stereocenters. The number of hydrogen-bond acceptors (Lipinski definition) is 2. The topological polar surface area (TPSA) is 15.6 Å². The predicted molar refractivity (Wildman–Crippen MR) is 108 cm³/mol. The summed E-state index contributed by atoms with van der Waals surface area (Å²) in [5.41, 5.74) is 5.10. The molecule has 140 valence electrons. The van der Waals surface area contributed by atoms with E-state index in [4.69, 9.17) is 4.99 Å². The van der Waals surface area contributed by atoms with Gasteiger partial charge in [0.1, 0.15) is 5.82 Å². The third-order valence-electron chi connectivity index (χ3n) is 7.11. The third kappa shape index (κ3) is 3.02. The Kier molecular flexibility index (Phi) is 4.16. The van der Waals surface area contributed by atoms with Gasteiger partial charge in [0.25, 0.3) is 0 Å². The lowest BCUT2D eigenvalue weighted by Gasteiger charge is -2.39. The molecule has 0 amide bonds. The molecule has 2 aromatic carbocycles. The zero-order chi connectivity index (χ0) is 18.4. The lowest BCUT2D eigenvalue weighted by molar-refractivity contribution is 0.139. The van der Waals surface area contributed by atoms with E-state index in [9.17, 15) is 4.39 Å². The number of likely N-dealkylation sites (tertiary alicyclic amines) is 1. The number of benzene rings is 2. The molecule has 1 aliphatic carbocycles. The molecule has 0 N–H and O–H groups in total. The van der Waals surface area contributed by atoms with Crippen molar-refractivity contribution in [2.24, 2.45) is 16.3 Å². The quantitative estimate of drug-likeness (QED) is 0.772. The minimum absolute atomic E-state index is 0.190. The Morgan fingerprint density at radius 1 is 1.00 bits per heavy atom. The Bertz CT molecular complexity index is 858. The third-order valence-corrected chi connectivity index (χ3v) is 7.11. The van der Waals surface area contributed by atoms with E-state index in [0.29, 0.717) is 11.5 Å². The van der Waals surface area contributed by atoms with E-state index in [-0.39, 0.29) is 5.82 Å². The highest BCUT2D eigenvalue weighted by atomic mass is 19.1. The molecule has 1 saturated carbocycles. The van der Waals surface area contributed by atoms with Gasteiger partial charge in [-0.3, -0.25) is 4.99 Å². The summed E-state index contributed by atoms with van der Waals surface area (Å²) in [4.78, 5) is 7.79. The van der Waals surface area contributed by atoms with Crippen molar-refractivity contribution in [3.05, 3.63) is 71.0 Å². The molecule has 27 heavy (non-hydrogen) atoms. The fourth-order valence-electron chi connectivity index (χ4n) is 5.32. The Hall–Kier alpha value is -2.00. The highest BCUT2D eigenvalue weighted by Crippen LogP contribution is 2.60. The van der Waals surface area contributed by atoms with Gasteiger partial charge in [-0.05, 0) is 93.4 Å². The molecule has 3 heteroatoms. The molecule has 1 atom stereocenters. The SMILES string of the molecule is CN1CCC(C2([C@@H]3Cc4ccccc4C(c4ccc(F)cc4)=N3)CC2)CC1. The first-order chi connectivity index (χ1) is 13.2. The van der Waals surface area contributed by atoms with E-state index in [0.717, 1.165) is 23.6 Å². The molecule has 0 radical (unpaired) electrons. The fourth-order valence-corrected chi connectivity index (χ4v) is 5.32. The average Bonchev–Trinajstić information content (AvgIpc) is 3.50. The number of hydrogen-bond donors (Lipinski definition) is 0. The van der Waals surface area contributed by atoms with Gasteiger partial charge in [0, 0.05) is 11.1 Å². The van der Waals surface area contributed by atoms with Crippen LogP contribution >= 0.6 is 0 Å². The zero-order valence-electron chi connectivity index (χ0n) is 16.0. The molecule has 5 rings (SSSR count). The summed E-state index contributed by atoms with van der Waals surface area (Å²) in [5, 5.41) is 0. The van der Waals surface area contributed by atoms with Crippen molar-refractivity contribution in [2.45, 2.75) is 38.1 Å². The number of aliphatic imine (C=N–C) groups is 1. The highest BCUT2D eigenvalue weighted by molar-refractivity contribution is 6.14. The molecule has 2 aliphatic heterocycles. The molecule has 3 aliphatic rings. The van der Waals surface area contributed by atoms with Crippen LogP contribution in [0.5, 0.6) is 0 Å². The summed E-state index contributed by atoms with van der Waals surface area (Å²) < 4.78 is 13.5.